The van der Waals surface area contributed by atoms with Crippen LogP contribution in [0.5, 0.6) is 0 Å². The number of carbonyl (C=O) groups excluding carboxylic acids is 2. The van der Waals surface area contributed by atoms with Crippen LogP contribution >= 0.6 is 0 Å². The molecule has 1 saturated heterocycles. The van der Waals surface area contributed by atoms with E-state index in [9.17, 15) is 9.59 Å². The van der Waals surface area contributed by atoms with E-state index in [0.29, 0.717) is 18.7 Å². The number of nitrogens with one attached hydrogen (secondary N) is 1. The molecule has 1 atom stereocenters. The van der Waals surface area contributed by atoms with Crippen molar-refractivity contribution in [1.29, 1.82) is 0 Å². The zero-order valence-electron chi connectivity index (χ0n) is 15.9. The molecule has 3 N–H and O–H groups in total. The van der Waals surface area contributed by atoms with Gasteiger partial charge in [-0.15, -0.1) is 0 Å². The number of likely N-dealkylation sites (tertiary alicyclic amines) is 1. The Labute approximate surface area is 155 Å². The summed E-state index contributed by atoms with van der Waals surface area (Å²) in [6.07, 6.45) is 9.76. The van der Waals surface area contributed by atoms with Crippen molar-refractivity contribution in [2.24, 2.45) is 11.1 Å². The molecule has 0 spiro atoms. The second-order valence-corrected chi connectivity index (χ2v) is 8.44. The second kappa shape index (κ2) is 7.78. The zero-order valence-corrected chi connectivity index (χ0v) is 15.9. The molecule has 2 heterocycles. The topological polar surface area (TPSA) is 93.2 Å². The molecule has 1 unspecified atom stereocenters. The standard InChI is InChI=1S/C19H31N5O2/c1-19(2)13-23(9-8-16(19)20)18(26)14-10-21-24(11-14)12-17(25)22-15-6-4-3-5-7-15/h10-11,15-16H,3-9,12-13,20H2,1-2H3,(H,22,25). The minimum absolute atomic E-state index is 0.0379. The smallest absolute Gasteiger partial charge is 0.257 e. The van der Waals surface area contributed by atoms with Crippen LogP contribution in [0.2, 0.25) is 0 Å². The van der Waals surface area contributed by atoms with Crippen LogP contribution < -0.4 is 11.1 Å². The summed E-state index contributed by atoms with van der Waals surface area (Å²) >= 11 is 0. The Morgan fingerprint density at radius 1 is 1.27 bits per heavy atom. The molecule has 2 fully saturated rings. The highest BCUT2D eigenvalue weighted by atomic mass is 16.2. The fourth-order valence-electron chi connectivity index (χ4n) is 3.96. The number of piperidine rings is 1. The molecule has 0 aromatic carbocycles. The highest BCUT2D eigenvalue weighted by Crippen LogP contribution is 2.28. The summed E-state index contributed by atoms with van der Waals surface area (Å²) in [6, 6.07) is 0.394. The zero-order chi connectivity index (χ0) is 18.7. The third-order valence-corrected chi connectivity index (χ3v) is 5.76. The van der Waals surface area contributed by atoms with E-state index in [-0.39, 0.29) is 35.9 Å². The van der Waals surface area contributed by atoms with Gasteiger partial charge in [0.1, 0.15) is 6.54 Å². The molecule has 1 aromatic heterocycles. The number of hydrogen-bond donors (Lipinski definition) is 2. The van der Waals surface area contributed by atoms with Crippen molar-refractivity contribution in [2.75, 3.05) is 13.1 Å². The lowest BCUT2D eigenvalue weighted by Crippen LogP contribution is -2.53. The van der Waals surface area contributed by atoms with Crippen LogP contribution in [0.4, 0.5) is 0 Å². The van der Waals surface area contributed by atoms with E-state index in [1.807, 2.05) is 4.90 Å². The lowest BCUT2D eigenvalue weighted by atomic mass is 9.79. The van der Waals surface area contributed by atoms with E-state index in [1.165, 1.54) is 19.3 Å². The van der Waals surface area contributed by atoms with Crippen molar-refractivity contribution < 1.29 is 9.59 Å². The molecule has 1 saturated carbocycles. The summed E-state index contributed by atoms with van der Waals surface area (Å²) in [7, 11) is 0. The Bertz CT molecular complexity index is 648. The lowest BCUT2D eigenvalue weighted by molar-refractivity contribution is -0.122. The van der Waals surface area contributed by atoms with Crippen LogP contribution in [-0.2, 0) is 11.3 Å². The first-order chi connectivity index (χ1) is 12.3. The van der Waals surface area contributed by atoms with Gasteiger partial charge < -0.3 is 16.0 Å². The predicted molar refractivity (Wildman–Crippen MR) is 99.5 cm³/mol. The van der Waals surface area contributed by atoms with Gasteiger partial charge >= 0.3 is 0 Å². The molecule has 26 heavy (non-hydrogen) atoms. The van der Waals surface area contributed by atoms with Crippen LogP contribution in [0, 0.1) is 5.41 Å². The first-order valence-electron chi connectivity index (χ1n) is 9.72. The Morgan fingerprint density at radius 2 is 2.00 bits per heavy atom. The third-order valence-electron chi connectivity index (χ3n) is 5.76. The van der Waals surface area contributed by atoms with Gasteiger partial charge in [-0.1, -0.05) is 33.1 Å². The molecule has 7 nitrogen and oxygen atoms in total. The molecule has 0 radical (unpaired) electrons. The normalized spacial score (nSPS) is 23.7. The van der Waals surface area contributed by atoms with Gasteiger partial charge in [0.25, 0.3) is 5.91 Å². The fourth-order valence-corrected chi connectivity index (χ4v) is 3.96. The monoisotopic (exact) mass is 361 g/mol. The minimum Gasteiger partial charge on any atom is -0.352 e. The number of nitrogens with two attached hydrogens (primary N) is 1. The Kier molecular flexibility index (Phi) is 5.65. The number of nitrogens with zero attached hydrogens (tertiary/aromatic N) is 3. The van der Waals surface area contributed by atoms with E-state index in [2.05, 4.69) is 24.3 Å². The summed E-state index contributed by atoms with van der Waals surface area (Å²) < 4.78 is 1.55. The molecule has 0 bridgehead atoms. The Balaban J connectivity index is 1.55. The van der Waals surface area contributed by atoms with E-state index < -0.39 is 0 Å². The number of carbonyl (C=O) groups is 2. The van der Waals surface area contributed by atoms with Gasteiger partial charge in [-0.3, -0.25) is 14.3 Å². The maximum atomic E-state index is 12.7. The third kappa shape index (κ3) is 4.44. The summed E-state index contributed by atoms with van der Waals surface area (Å²) in [4.78, 5) is 26.8. The molecule has 1 aromatic rings. The first-order valence-corrected chi connectivity index (χ1v) is 9.72. The average Bonchev–Trinajstić information content (AvgIpc) is 3.05. The largest absolute Gasteiger partial charge is 0.352 e. The number of rotatable bonds is 4. The maximum absolute atomic E-state index is 12.7. The summed E-state index contributed by atoms with van der Waals surface area (Å²) in [5.41, 5.74) is 6.59. The van der Waals surface area contributed by atoms with Crippen molar-refractivity contribution in [3.63, 3.8) is 0 Å². The van der Waals surface area contributed by atoms with Crippen molar-refractivity contribution >= 4 is 11.8 Å². The van der Waals surface area contributed by atoms with Crippen LogP contribution in [0.1, 0.15) is 62.7 Å². The highest BCUT2D eigenvalue weighted by Gasteiger charge is 2.35. The maximum Gasteiger partial charge on any atom is 0.257 e. The molecule has 1 aliphatic carbocycles. The van der Waals surface area contributed by atoms with Gasteiger partial charge in [-0.25, -0.2) is 0 Å². The molecular weight excluding hydrogens is 330 g/mol. The first kappa shape index (κ1) is 18.9. The average molecular weight is 361 g/mol. The molecule has 2 aliphatic rings. The molecule has 1 aliphatic heterocycles. The van der Waals surface area contributed by atoms with E-state index >= 15 is 0 Å². The van der Waals surface area contributed by atoms with Crippen LogP contribution in [0.15, 0.2) is 12.4 Å². The van der Waals surface area contributed by atoms with Crippen LogP contribution in [-0.4, -0.2) is 51.7 Å². The molecule has 2 amide bonds. The molecular formula is C19H31N5O2. The summed E-state index contributed by atoms with van der Waals surface area (Å²) in [6.45, 7) is 5.64. The highest BCUT2D eigenvalue weighted by molar-refractivity contribution is 5.94. The number of amides is 2. The van der Waals surface area contributed by atoms with E-state index in [4.69, 9.17) is 5.73 Å². The van der Waals surface area contributed by atoms with E-state index in [1.54, 1.807) is 17.1 Å². The van der Waals surface area contributed by atoms with E-state index in [0.717, 1.165) is 19.3 Å². The molecule has 7 heteroatoms. The van der Waals surface area contributed by atoms with Crippen LogP contribution in [0.25, 0.3) is 0 Å². The van der Waals surface area contributed by atoms with Gasteiger partial charge in [0.05, 0.1) is 11.8 Å². The Hall–Kier alpha value is -1.89. The molecule has 3 rings (SSSR count). The van der Waals surface area contributed by atoms with Gasteiger partial charge in [-0.2, -0.15) is 5.10 Å². The van der Waals surface area contributed by atoms with Gasteiger partial charge in [0, 0.05) is 31.4 Å². The van der Waals surface area contributed by atoms with Crippen molar-refractivity contribution in [3.8, 4) is 0 Å². The van der Waals surface area contributed by atoms with Crippen molar-refractivity contribution in [1.82, 2.24) is 20.0 Å². The SMILES string of the molecule is CC1(C)CN(C(=O)c2cnn(CC(=O)NC3CCCCC3)c2)CCC1N. The second-order valence-electron chi connectivity index (χ2n) is 8.44. The lowest BCUT2D eigenvalue weighted by Gasteiger charge is -2.42. The van der Waals surface area contributed by atoms with Gasteiger partial charge in [0.2, 0.25) is 5.91 Å². The summed E-state index contributed by atoms with van der Waals surface area (Å²) in [5.74, 6) is -0.0759. The minimum atomic E-state index is -0.0935. The van der Waals surface area contributed by atoms with Gasteiger partial charge in [-0.05, 0) is 24.7 Å². The van der Waals surface area contributed by atoms with Crippen molar-refractivity contribution in [2.45, 2.75) is 71.0 Å². The van der Waals surface area contributed by atoms with Gasteiger partial charge in [0.15, 0.2) is 0 Å². The quantitative estimate of drug-likeness (QED) is 0.850. The predicted octanol–water partition coefficient (Wildman–Crippen LogP) is 1.53. The van der Waals surface area contributed by atoms with Crippen molar-refractivity contribution in [3.05, 3.63) is 18.0 Å². The van der Waals surface area contributed by atoms with Crippen LogP contribution in [0.3, 0.4) is 0 Å². The number of aromatic nitrogens is 2. The fraction of sp³-hybridized carbons (Fsp3) is 0.737. The Morgan fingerprint density at radius 3 is 2.69 bits per heavy atom. The summed E-state index contributed by atoms with van der Waals surface area (Å²) in [5, 5.41) is 7.28. The number of hydrogen-bond acceptors (Lipinski definition) is 4. The molecule has 144 valence electrons.